The zero-order valence-corrected chi connectivity index (χ0v) is 12.8. The minimum absolute atomic E-state index is 0.320. The Morgan fingerprint density at radius 3 is 2.76 bits per heavy atom. The van der Waals surface area contributed by atoms with Crippen LogP contribution in [0, 0.1) is 0 Å². The molecule has 2 aromatic rings. The Bertz CT molecular complexity index is 672. The number of carbonyl (C=O) groups is 1. The molecular weight excluding hydrogens is 309 g/mol. The standard InChI is InChI=1S/C15H13Cl2N3O/c1-2-14(12-6-5-11(16)8-13(12)17)19-20-15(21)10-4-3-7-18-9-10/h3-9H,2H2,1H3,(H,20,21)/b19-14-. The van der Waals surface area contributed by atoms with E-state index in [4.69, 9.17) is 23.2 Å². The van der Waals surface area contributed by atoms with Gasteiger partial charge in [0.05, 0.1) is 16.3 Å². The van der Waals surface area contributed by atoms with Gasteiger partial charge < -0.3 is 0 Å². The summed E-state index contributed by atoms with van der Waals surface area (Å²) in [6.45, 7) is 1.93. The lowest BCUT2D eigenvalue weighted by molar-refractivity contribution is 0.0954. The van der Waals surface area contributed by atoms with Gasteiger partial charge in [0, 0.05) is 23.0 Å². The summed E-state index contributed by atoms with van der Waals surface area (Å²) >= 11 is 12.0. The summed E-state index contributed by atoms with van der Waals surface area (Å²) in [7, 11) is 0. The van der Waals surface area contributed by atoms with Crippen LogP contribution in [-0.4, -0.2) is 16.6 Å². The van der Waals surface area contributed by atoms with Crippen LogP contribution in [-0.2, 0) is 0 Å². The van der Waals surface area contributed by atoms with Gasteiger partial charge in [-0.25, -0.2) is 5.43 Å². The average Bonchev–Trinajstić information content (AvgIpc) is 2.50. The summed E-state index contributed by atoms with van der Waals surface area (Å²) in [5, 5.41) is 5.19. The van der Waals surface area contributed by atoms with Crippen LogP contribution in [0.1, 0.15) is 29.3 Å². The van der Waals surface area contributed by atoms with Crippen molar-refractivity contribution in [2.75, 3.05) is 0 Å². The first kappa shape index (κ1) is 15.5. The maximum Gasteiger partial charge on any atom is 0.272 e. The van der Waals surface area contributed by atoms with Crippen LogP contribution in [0.25, 0.3) is 0 Å². The number of hydrogen-bond donors (Lipinski definition) is 1. The van der Waals surface area contributed by atoms with Gasteiger partial charge in [-0.1, -0.05) is 36.2 Å². The van der Waals surface area contributed by atoms with Gasteiger partial charge in [-0.05, 0) is 30.7 Å². The van der Waals surface area contributed by atoms with E-state index in [0.717, 1.165) is 5.56 Å². The normalized spacial score (nSPS) is 11.3. The fraction of sp³-hybridized carbons (Fsp3) is 0.133. The number of aromatic nitrogens is 1. The number of benzene rings is 1. The molecule has 6 heteroatoms. The first-order valence-electron chi connectivity index (χ1n) is 6.34. The first-order chi connectivity index (χ1) is 10.1. The van der Waals surface area contributed by atoms with Crippen LogP contribution in [0.15, 0.2) is 47.8 Å². The Balaban J connectivity index is 2.19. The number of hydrazone groups is 1. The second-order valence-corrected chi connectivity index (χ2v) is 5.06. The van der Waals surface area contributed by atoms with Crippen molar-refractivity contribution in [3.8, 4) is 0 Å². The Morgan fingerprint density at radius 2 is 2.14 bits per heavy atom. The average molecular weight is 322 g/mol. The number of halogens is 2. The third-order valence-corrected chi connectivity index (χ3v) is 3.34. The molecule has 1 aromatic carbocycles. The lowest BCUT2D eigenvalue weighted by atomic mass is 10.1. The van der Waals surface area contributed by atoms with E-state index < -0.39 is 0 Å². The lowest BCUT2D eigenvalue weighted by Crippen LogP contribution is -2.20. The van der Waals surface area contributed by atoms with Gasteiger partial charge in [-0.3, -0.25) is 9.78 Å². The van der Waals surface area contributed by atoms with Crippen molar-refractivity contribution in [1.82, 2.24) is 10.4 Å². The predicted octanol–water partition coefficient (Wildman–Crippen LogP) is 3.93. The van der Waals surface area contributed by atoms with Crippen LogP contribution in [0.5, 0.6) is 0 Å². The van der Waals surface area contributed by atoms with Crippen molar-refractivity contribution in [2.24, 2.45) is 5.10 Å². The number of nitrogens with zero attached hydrogens (tertiary/aromatic N) is 2. The molecule has 2 rings (SSSR count). The van der Waals surface area contributed by atoms with E-state index in [0.29, 0.717) is 27.7 Å². The monoisotopic (exact) mass is 321 g/mol. The van der Waals surface area contributed by atoms with Crippen molar-refractivity contribution in [3.05, 3.63) is 63.9 Å². The fourth-order valence-corrected chi connectivity index (χ4v) is 2.25. The molecule has 108 valence electrons. The van der Waals surface area contributed by atoms with Crippen molar-refractivity contribution in [3.63, 3.8) is 0 Å². The molecule has 0 atom stereocenters. The first-order valence-corrected chi connectivity index (χ1v) is 7.09. The minimum atomic E-state index is -0.320. The molecule has 0 saturated heterocycles. The van der Waals surface area contributed by atoms with Crippen LogP contribution in [0.3, 0.4) is 0 Å². The molecule has 0 aliphatic carbocycles. The van der Waals surface area contributed by atoms with Gasteiger partial charge in [-0.15, -0.1) is 0 Å². The van der Waals surface area contributed by atoms with Crippen LogP contribution >= 0.6 is 23.2 Å². The third-order valence-electron chi connectivity index (χ3n) is 2.79. The summed E-state index contributed by atoms with van der Waals surface area (Å²) in [5.41, 5.74) is 4.37. The number of amides is 1. The van der Waals surface area contributed by atoms with Gasteiger partial charge in [0.25, 0.3) is 5.91 Å². The zero-order valence-electron chi connectivity index (χ0n) is 11.3. The summed E-state index contributed by atoms with van der Waals surface area (Å²) in [5.74, 6) is -0.320. The molecule has 0 spiro atoms. The van der Waals surface area contributed by atoms with E-state index in [1.54, 1.807) is 36.5 Å². The van der Waals surface area contributed by atoms with Crippen LogP contribution in [0.2, 0.25) is 10.0 Å². The van der Waals surface area contributed by atoms with Gasteiger partial charge in [0.1, 0.15) is 0 Å². The molecule has 0 fully saturated rings. The topological polar surface area (TPSA) is 54.4 Å². The molecule has 21 heavy (non-hydrogen) atoms. The highest BCUT2D eigenvalue weighted by Gasteiger charge is 2.09. The van der Waals surface area contributed by atoms with E-state index >= 15 is 0 Å². The van der Waals surface area contributed by atoms with Gasteiger partial charge >= 0.3 is 0 Å². The fourth-order valence-electron chi connectivity index (χ4n) is 1.73. The molecule has 4 nitrogen and oxygen atoms in total. The molecule has 1 amide bonds. The largest absolute Gasteiger partial charge is 0.272 e. The molecule has 0 saturated carbocycles. The highest BCUT2D eigenvalue weighted by Crippen LogP contribution is 2.22. The summed E-state index contributed by atoms with van der Waals surface area (Å²) in [6, 6.07) is 8.51. The number of carbonyl (C=O) groups excluding carboxylic acids is 1. The maximum atomic E-state index is 11.9. The van der Waals surface area contributed by atoms with E-state index in [9.17, 15) is 4.79 Å². The smallest absolute Gasteiger partial charge is 0.267 e. The third kappa shape index (κ3) is 4.03. The zero-order chi connectivity index (χ0) is 15.2. The summed E-state index contributed by atoms with van der Waals surface area (Å²) in [4.78, 5) is 15.8. The van der Waals surface area contributed by atoms with Gasteiger partial charge in [0.15, 0.2) is 0 Å². The number of rotatable bonds is 4. The summed E-state index contributed by atoms with van der Waals surface area (Å²) in [6.07, 6.45) is 3.70. The Hall–Kier alpha value is -1.91. The molecule has 0 unspecified atom stereocenters. The molecule has 1 aromatic heterocycles. The lowest BCUT2D eigenvalue weighted by Gasteiger charge is -2.07. The van der Waals surface area contributed by atoms with E-state index in [1.807, 2.05) is 6.92 Å². The number of nitrogens with one attached hydrogen (secondary N) is 1. The molecule has 1 heterocycles. The predicted molar refractivity (Wildman–Crippen MR) is 85.0 cm³/mol. The SMILES string of the molecule is CC/C(=N/NC(=O)c1cccnc1)c1ccc(Cl)cc1Cl. The van der Waals surface area contributed by atoms with Crippen molar-refractivity contribution >= 4 is 34.8 Å². The summed E-state index contributed by atoms with van der Waals surface area (Å²) < 4.78 is 0. The molecule has 0 aliphatic heterocycles. The minimum Gasteiger partial charge on any atom is -0.267 e. The van der Waals surface area contributed by atoms with Crippen molar-refractivity contribution in [2.45, 2.75) is 13.3 Å². The quantitative estimate of drug-likeness (QED) is 0.685. The Labute approximate surface area is 132 Å². The van der Waals surface area contributed by atoms with Crippen LogP contribution in [0.4, 0.5) is 0 Å². The molecule has 1 N–H and O–H groups in total. The Kier molecular flexibility index (Phi) is 5.31. The van der Waals surface area contributed by atoms with E-state index in [2.05, 4.69) is 15.5 Å². The highest BCUT2D eigenvalue weighted by atomic mass is 35.5. The van der Waals surface area contributed by atoms with Crippen molar-refractivity contribution in [1.29, 1.82) is 0 Å². The second-order valence-electron chi connectivity index (χ2n) is 4.22. The van der Waals surface area contributed by atoms with E-state index in [-0.39, 0.29) is 5.91 Å². The van der Waals surface area contributed by atoms with Gasteiger partial charge in [-0.2, -0.15) is 5.10 Å². The van der Waals surface area contributed by atoms with Crippen LogP contribution < -0.4 is 5.43 Å². The second kappa shape index (κ2) is 7.20. The maximum absolute atomic E-state index is 11.9. The Morgan fingerprint density at radius 1 is 1.33 bits per heavy atom. The molecule has 0 radical (unpaired) electrons. The highest BCUT2D eigenvalue weighted by molar-refractivity contribution is 6.37. The number of pyridine rings is 1. The number of hydrogen-bond acceptors (Lipinski definition) is 3. The van der Waals surface area contributed by atoms with Crippen molar-refractivity contribution < 1.29 is 4.79 Å². The molecular formula is C15H13Cl2N3O. The van der Waals surface area contributed by atoms with Gasteiger partial charge in [0.2, 0.25) is 0 Å². The molecule has 0 bridgehead atoms. The van der Waals surface area contributed by atoms with E-state index in [1.165, 1.54) is 6.20 Å². The molecule has 0 aliphatic rings.